The van der Waals surface area contributed by atoms with Crippen molar-refractivity contribution < 1.29 is 14.3 Å². The van der Waals surface area contributed by atoms with Gasteiger partial charge in [0, 0.05) is 40.4 Å². The zero-order chi connectivity index (χ0) is 22.8. The quantitative estimate of drug-likeness (QED) is 0.451. The molecule has 0 aliphatic heterocycles. The first kappa shape index (κ1) is 21.8. The van der Waals surface area contributed by atoms with Crippen LogP contribution in [-0.2, 0) is 6.42 Å². The van der Waals surface area contributed by atoms with Crippen LogP contribution in [0.1, 0.15) is 72.6 Å². The van der Waals surface area contributed by atoms with Gasteiger partial charge in [-0.05, 0) is 68.0 Å². The summed E-state index contributed by atoms with van der Waals surface area (Å²) in [4.78, 5) is 16.7. The van der Waals surface area contributed by atoms with E-state index in [9.17, 15) is 4.79 Å². The van der Waals surface area contributed by atoms with E-state index in [1.54, 1.807) is 32.4 Å². The molecule has 0 saturated heterocycles. The zero-order valence-electron chi connectivity index (χ0n) is 19.5. The number of methoxy groups -OCH3 is 2. The second-order valence-corrected chi connectivity index (χ2v) is 9.24. The van der Waals surface area contributed by atoms with E-state index in [1.165, 1.54) is 61.6 Å². The van der Waals surface area contributed by atoms with Crippen molar-refractivity contribution in [2.45, 2.75) is 63.5 Å². The van der Waals surface area contributed by atoms with Crippen LogP contribution in [0.5, 0.6) is 11.5 Å². The number of anilines is 1. The van der Waals surface area contributed by atoms with Crippen molar-refractivity contribution >= 4 is 22.5 Å². The molecular weight excluding hydrogens is 414 g/mol. The van der Waals surface area contributed by atoms with Crippen LogP contribution >= 0.6 is 0 Å². The number of ether oxygens (including phenoxy) is 2. The van der Waals surface area contributed by atoms with Gasteiger partial charge in [-0.25, -0.2) is 0 Å². The molecule has 1 amide bonds. The van der Waals surface area contributed by atoms with Crippen LogP contribution in [0.4, 0.5) is 5.69 Å². The van der Waals surface area contributed by atoms with Gasteiger partial charge in [0.05, 0.1) is 19.8 Å². The van der Waals surface area contributed by atoms with Gasteiger partial charge in [-0.15, -0.1) is 0 Å². The van der Waals surface area contributed by atoms with E-state index in [-0.39, 0.29) is 5.91 Å². The van der Waals surface area contributed by atoms with E-state index in [4.69, 9.17) is 9.47 Å². The van der Waals surface area contributed by atoms with Gasteiger partial charge in [0.2, 0.25) is 0 Å². The van der Waals surface area contributed by atoms with Crippen LogP contribution in [0.15, 0.2) is 36.4 Å². The minimum atomic E-state index is -0.199. The lowest BCUT2D eigenvalue weighted by Gasteiger charge is -2.31. The maximum atomic E-state index is 13.0. The first-order chi connectivity index (χ1) is 16.2. The third-order valence-corrected chi connectivity index (χ3v) is 7.16. The Bertz CT molecular complexity index is 1150. The molecule has 1 fully saturated rings. The predicted octanol–water partition coefficient (Wildman–Crippen LogP) is 5.74. The van der Waals surface area contributed by atoms with E-state index in [1.807, 2.05) is 6.07 Å². The van der Waals surface area contributed by atoms with Crippen LogP contribution in [-0.4, -0.2) is 31.2 Å². The zero-order valence-corrected chi connectivity index (χ0v) is 19.5. The summed E-state index contributed by atoms with van der Waals surface area (Å²) < 4.78 is 10.6. The fraction of sp³-hybridized carbons (Fsp3) is 0.444. The molecule has 6 nitrogen and oxygen atoms in total. The molecule has 0 radical (unpaired) electrons. The van der Waals surface area contributed by atoms with Crippen molar-refractivity contribution in [3.05, 3.63) is 53.2 Å². The highest BCUT2D eigenvalue weighted by Crippen LogP contribution is 2.37. The van der Waals surface area contributed by atoms with Gasteiger partial charge >= 0.3 is 0 Å². The molecule has 33 heavy (non-hydrogen) atoms. The van der Waals surface area contributed by atoms with E-state index in [0.29, 0.717) is 29.1 Å². The van der Waals surface area contributed by atoms with E-state index < -0.39 is 0 Å². The van der Waals surface area contributed by atoms with Gasteiger partial charge in [0.1, 0.15) is 11.5 Å². The largest absolute Gasteiger partial charge is 0.497 e. The molecule has 0 bridgehead atoms. The number of H-pyrrole nitrogens is 1. The monoisotopic (exact) mass is 447 g/mol. The number of fused-ring (bicyclic) bond motifs is 3. The summed E-state index contributed by atoms with van der Waals surface area (Å²) in [6, 6.07) is 12.4. The Kier molecular flexibility index (Phi) is 6.27. The fourth-order valence-electron chi connectivity index (χ4n) is 5.45. The molecule has 1 aromatic heterocycles. The Morgan fingerprint density at radius 2 is 1.82 bits per heavy atom. The second-order valence-electron chi connectivity index (χ2n) is 9.24. The number of carbonyl (C=O) groups excluding carboxylic acids is 1. The first-order valence-electron chi connectivity index (χ1n) is 12.1. The second kappa shape index (κ2) is 9.48. The average Bonchev–Trinajstić information content (AvgIpc) is 3.23. The molecule has 174 valence electrons. The van der Waals surface area contributed by atoms with Crippen molar-refractivity contribution in [2.24, 2.45) is 0 Å². The number of carbonyl (C=O) groups is 1. The number of benzene rings is 2. The Morgan fingerprint density at radius 3 is 2.61 bits per heavy atom. The Morgan fingerprint density at radius 1 is 0.970 bits per heavy atom. The van der Waals surface area contributed by atoms with Gasteiger partial charge in [-0.1, -0.05) is 19.3 Å². The highest BCUT2D eigenvalue weighted by atomic mass is 16.5. The number of amides is 1. The van der Waals surface area contributed by atoms with E-state index in [2.05, 4.69) is 27.8 Å². The lowest BCUT2D eigenvalue weighted by atomic mass is 9.89. The summed E-state index contributed by atoms with van der Waals surface area (Å²) in [6.45, 7) is 0. The molecule has 2 aliphatic rings. The summed E-state index contributed by atoms with van der Waals surface area (Å²) in [5.74, 6) is 0.943. The van der Waals surface area contributed by atoms with Crippen molar-refractivity contribution in [2.75, 3.05) is 19.5 Å². The minimum Gasteiger partial charge on any atom is -0.497 e. The molecule has 0 spiro atoms. The van der Waals surface area contributed by atoms with Crippen molar-refractivity contribution in [3.8, 4) is 11.5 Å². The van der Waals surface area contributed by atoms with Crippen molar-refractivity contribution in [1.29, 1.82) is 0 Å². The first-order valence-corrected chi connectivity index (χ1v) is 12.1. The van der Waals surface area contributed by atoms with Gasteiger partial charge in [0.25, 0.3) is 5.91 Å². The highest BCUT2D eigenvalue weighted by molar-refractivity contribution is 6.07. The number of aryl methyl sites for hydroxylation is 1. The molecule has 6 heteroatoms. The lowest BCUT2D eigenvalue weighted by molar-refractivity contribution is 0.102. The molecule has 2 aromatic carbocycles. The maximum Gasteiger partial charge on any atom is 0.259 e. The number of hydrogen-bond donors (Lipinski definition) is 3. The molecule has 2 aliphatic carbocycles. The number of aromatic nitrogens is 1. The van der Waals surface area contributed by atoms with Gasteiger partial charge in [-0.2, -0.15) is 0 Å². The summed E-state index contributed by atoms with van der Waals surface area (Å²) in [5, 5.41) is 8.19. The summed E-state index contributed by atoms with van der Waals surface area (Å²) in [6.07, 6.45) is 10.1. The van der Waals surface area contributed by atoms with Crippen LogP contribution in [0, 0.1) is 0 Å². The molecule has 1 heterocycles. The highest BCUT2D eigenvalue weighted by Gasteiger charge is 2.27. The summed E-state index contributed by atoms with van der Waals surface area (Å²) in [5.41, 5.74) is 5.13. The van der Waals surface area contributed by atoms with Crippen molar-refractivity contribution in [1.82, 2.24) is 10.3 Å². The third kappa shape index (κ3) is 4.44. The Balaban J connectivity index is 1.38. The maximum absolute atomic E-state index is 13.0. The number of nitrogens with one attached hydrogen (secondary N) is 3. The minimum absolute atomic E-state index is 0.199. The van der Waals surface area contributed by atoms with Gasteiger partial charge in [-0.3, -0.25) is 4.79 Å². The van der Waals surface area contributed by atoms with Gasteiger partial charge < -0.3 is 25.1 Å². The summed E-state index contributed by atoms with van der Waals surface area (Å²) >= 11 is 0. The molecule has 3 aromatic rings. The molecule has 1 saturated carbocycles. The average molecular weight is 448 g/mol. The third-order valence-electron chi connectivity index (χ3n) is 7.16. The molecule has 1 atom stereocenters. The number of hydrogen-bond acceptors (Lipinski definition) is 4. The van der Waals surface area contributed by atoms with E-state index >= 15 is 0 Å². The SMILES string of the molecule is COc1ccc(C(=O)Nc2ccc3[nH]c4c(c3c2)CCCC4NC2CCCCC2)c(OC)c1. The normalized spacial score (nSPS) is 18.7. The number of aromatic amines is 1. The molecular formula is C27H33N3O3. The standard InChI is InChI=1S/C27H33N3O3/c1-32-19-12-13-21(25(16-19)33-2)27(31)29-18-11-14-23-22(15-18)20-9-6-10-24(26(20)30-23)28-17-7-4-3-5-8-17/h11-17,24,28,30H,3-10H2,1-2H3,(H,29,31). The summed E-state index contributed by atoms with van der Waals surface area (Å²) in [7, 11) is 3.15. The van der Waals surface area contributed by atoms with E-state index in [0.717, 1.165) is 17.6 Å². The van der Waals surface area contributed by atoms with Crippen molar-refractivity contribution in [3.63, 3.8) is 0 Å². The molecule has 5 rings (SSSR count). The Hall–Kier alpha value is -2.99. The molecule has 3 N–H and O–H groups in total. The fourth-order valence-corrected chi connectivity index (χ4v) is 5.45. The van der Waals surface area contributed by atoms with Crippen LogP contribution in [0.3, 0.4) is 0 Å². The van der Waals surface area contributed by atoms with Crippen LogP contribution in [0.2, 0.25) is 0 Å². The number of rotatable bonds is 6. The predicted molar refractivity (Wildman–Crippen MR) is 131 cm³/mol. The smallest absolute Gasteiger partial charge is 0.259 e. The topological polar surface area (TPSA) is 75.4 Å². The van der Waals surface area contributed by atoms with Crippen LogP contribution in [0.25, 0.3) is 10.9 Å². The van der Waals surface area contributed by atoms with Gasteiger partial charge in [0.15, 0.2) is 0 Å². The Labute approximate surface area is 195 Å². The lowest BCUT2D eigenvalue weighted by Crippen LogP contribution is -2.36. The van der Waals surface area contributed by atoms with Crippen LogP contribution < -0.4 is 20.1 Å². The molecule has 1 unspecified atom stereocenters.